The number of hydrogen-bond donors (Lipinski definition) is 0. The predicted molar refractivity (Wildman–Crippen MR) is 56.7 cm³/mol. The second kappa shape index (κ2) is 3.24. The fourth-order valence-electron chi connectivity index (χ4n) is 1.28. The van der Waals surface area contributed by atoms with Crippen LogP contribution in [0.4, 0.5) is 0 Å². The van der Waals surface area contributed by atoms with Crippen molar-refractivity contribution in [3.8, 4) is 0 Å². The number of hydrogen-bond acceptors (Lipinski definition) is 0. The minimum atomic E-state index is 0.260. The molecule has 12 heavy (non-hydrogen) atoms. The van der Waals surface area contributed by atoms with Gasteiger partial charge in [0.25, 0.3) is 0 Å². The van der Waals surface area contributed by atoms with Crippen molar-refractivity contribution in [3.63, 3.8) is 0 Å². The Hall–Kier alpha value is -0.261. The summed E-state index contributed by atoms with van der Waals surface area (Å²) in [4.78, 5) is 0. The zero-order chi connectivity index (χ0) is 9.35. The van der Waals surface area contributed by atoms with Gasteiger partial charge in [0.1, 0.15) is 0 Å². The number of benzene rings is 1. The third-order valence-electron chi connectivity index (χ3n) is 1.96. The molecule has 0 spiro atoms. The van der Waals surface area contributed by atoms with Crippen LogP contribution in [0.15, 0.2) is 18.2 Å². The van der Waals surface area contributed by atoms with Crippen LogP contribution >= 0.6 is 0 Å². The maximum atomic E-state index is 2.65. The van der Waals surface area contributed by atoms with Crippen molar-refractivity contribution in [2.75, 3.05) is 0 Å². The van der Waals surface area contributed by atoms with Gasteiger partial charge in [0, 0.05) is 0 Å². The first kappa shape index (κ1) is 9.82. The van der Waals surface area contributed by atoms with Crippen LogP contribution in [0, 0.1) is 6.92 Å². The van der Waals surface area contributed by atoms with E-state index in [4.69, 9.17) is 0 Å². The monoisotopic (exact) mass is 228 g/mol. The van der Waals surface area contributed by atoms with Crippen molar-refractivity contribution in [2.45, 2.75) is 33.1 Å². The van der Waals surface area contributed by atoms with E-state index in [2.05, 4.69) is 61.9 Å². The van der Waals surface area contributed by atoms with Gasteiger partial charge < -0.3 is 0 Å². The summed E-state index contributed by atoms with van der Waals surface area (Å²) in [5, 5.41) is 0. The Balaban J connectivity index is 3.19. The molecule has 0 saturated heterocycles. The Labute approximate surface area is 83.2 Å². The molecule has 1 aromatic rings. The molecule has 0 fully saturated rings. The molecule has 1 heteroatoms. The van der Waals surface area contributed by atoms with Gasteiger partial charge in [0.05, 0.1) is 0 Å². The summed E-state index contributed by atoms with van der Waals surface area (Å²) in [6.45, 7) is 8.86. The molecule has 1 aromatic carbocycles. The van der Waals surface area contributed by atoms with Gasteiger partial charge in [-0.1, -0.05) is 0 Å². The molecule has 0 atom stereocenters. The van der Waals surface area contributed by atoms with E-state index >= 15 is 0 Å². The fraction of sp³-hybridized carbons (Fsp3) is 0.455. The third kappa shape index (κ3) is 2.12. The van der Waals surface area contributed by atoms with Gasteiger partial charge in [0.2, 0.25) is 0 Å². The zero-order valence-electron chi connectivity index (χ0n) is 8.18. The molecule has 0 aliphatic carbocycles. The summed E-state index contributed by atoms with van der Waals surface area (Å²) in [5.74, 6) is 0. The fourth-order valence-corrected chi connectivity index (χ4v) is 2.56. The van der Waals surface area contributed by atoms with Crippen molar-refractivity contribution in [2.24, 2.45) is 0 Å². The van der Waals surface area contributed by atoms with Gasteiger partial charge in [-0.15, -0.1) is 0 Å². The summed E-state index contributed by atoms with van der Waals surface area (Å²) >= 11 is 2.65. The van der Waals surface area contributed by atoms with E-state index in [9.17, 15) is 0 Å². The van der Waals surface area contributed by atoms with Crippen LogP contribution in [0.3, 0.4) is 0 Å². The molecular weight excluding hydrogens is 211 g/mol. The van der Waals surface area contributed by atoms with E-state index in [-0.39, 0.29) is 5.41 Å². The maximum absolute atomic E-state index is 2.65. The van der Waals surface area contributed by atoms with E-state index in [1.165, 1.54) is 15.6 Å². The second-order valence-electron chi connectivity index (χ2n) is 4.27. The molecule has 0 bridgehead atoms. The van der Waals surface area contributed by atoms with Crippen molar-refractivity contribution in [1.82, 2.24) is 0 Å². The van der Waals surface area contributed by atoms with Crippen LogP contribution in [-0.2, 0) is 5.41 Å². The van der Waals surface area contributed by atoms with Crippen LogP contribution in [-0.4, -0.2) is 16.0 Å². The molecule has 0 aliphatic heterocycles. The van der Waals surface area contributed by atoms with E-state index in [1.807, 2.05) is 0 Å². The molecule has 1 rings (SSSR count). The van der Waals surface area contributed by atoms with Gasteiger partial charge in [0.15, 0.2) is 0 Å². The normalized spacial score (nSPS) is 11.8. The van der Waals surface area contributed by atoms with Gasteiger partial charge in [-0.05, 0) is 0 Å². The SMILES string of the molecule is Cc1ccc(C(C)(C)C)c([SeH])c1. The molecule has 0 amide bonds. The van der Waals surface area contributed by atoms with Crippen molar-refractivity contribution >= 4 is 20.5 Å². The van der Waals surface area contributed by atoms with Gasteiger partial charge in [-0.2, -0.15) is 0 Å². The molecular formula is C11H16Se. The average Bonchev–Trinajstić information content (AvgIpc) is 1.83. The Kier molecular flexibility index (Phi) is 2.65. The Bertz CT molecular complexity index is 282. The quantitative estimate of drug-likeness (QED) is 0.593. The molecule has 0 radical (unpaired) electrons. The van der Waals surface area contributed by atoms with Crippen molar-refractivity contribution < 1.29 is 0 Å². The van der Waals surface area contributed by atoms with E-state index < -0.39 is 0 Å². The molecule has 66 valence electrons. The molecule has 0 heterocycles. The predicted octanol–water partition coefficient (Wildman–Crippen LogP) is 1.82. The van der Waals surface area contributed by atoms with Crippen LogP contribution in [0.1, 0.15) is 31.9 Å². The van der Waals surface area contributed by atoms with Gasteiger partial charge >= 0.3 is 82.9 Å². The van der Waals surface area contributed by atoms with Crippen molar-refractivity contribution in [3.05, 3.63) is 29.3 Å². The standard InChI is InChI=1S/C11H16Se/c1-8-5-6-9(10(12)7-8)11(2,3)4/h5-7,12H,1-4H3. The number of rotatable bonds is 0. The molecule has 0 unspecified atom stereocenters. The Morgan fingerprint density at radius 1 is 1.17 bits per heavy atom. The van der Waals surface area contributed by atoms with E-state index in [0.29, 0.717) is 0 Å². The van der Waals surface area contributed by atoms with Crippen LogP contribution in [0.5, 0.6) is 0 Å². The first-order valence-electron chi connectivity index (χ1n) is 4.21. The summed E-state index contributed by atoms with van der Waals surface area (Å²) in [7, 11) is 0. The third-order valence-corrected chi connectivity index (χ3v) is 2.74. The zero-order valence-corrected chi connectivity index (χ0v) is 10.1. The Morgan fingerprint density at radius 2 is 1.75 bits per heavy atom. The summed E-state index contributed by atoms with van der Waals surface area (Å²) in [5.41, 5.74) is 3.02. The molecule has 0 nitrogen and oxygen atoms in total. The van der Waals surface area contributed by atoms with Crippen LogP contribution in [0.25, 0.3) is 0 Å². The van der Waals surface area contributed by atoms with Crippen molar-refractivity contribution in [1.29, 1.82) is 0 Å². The van der Waals surface area contributed by atoms with E-state index in [0.717, 1.165) is 0 Å². The van der Waals surface area contributed by atoms with E-state index in [1.54, 1.807) is 0 Å². The Morgan fingerprint density at radius 3 is 2.17 bits per heavy atom. The van der Waals surface area contributed by atoms with Crippen LogP contribution in [0.2, 0.25) is 0 Å². The minimum absolute atomic E-state index is 0.260. The second-order valence-corrected chi connectivity index (χ2v) is 5.28. The topological polar surface area (TPSA) is 0 Å². The molecule has 0 aliphatic rings. The number of aryl methyl sites for hydroxylation is 1. The summed E-state index contributed by atoms with van der Waals surface area (Å²) in [6, 6.07) is 6.63. The average molecular weight is 227 g/mol. The molecule has 0 aromatic heterocycles. The van der Waals surface area contributed by atoms with Gasteiger partial charge in [-0.3, -0.25) is 0 Å². The first-order valence-corrected chi connectivity index (χ1v) is 5.15. The molecule has 0 saturated carbocycles. The molecule has 0 N–H and O–H groups in total. The van der Waals surface area contributed by atoms with Gasteiger partial charge in [-0.25, -0.2) is 0 Å². The van der Waals surface area contributed by atoms with Crippen LogP contribution < -0.4 is 4.46 Å². The summed E-state index contributed by atoms with van der Waals surface area (Å²) in [6.07, 6.45) is 0. The first-order chi connectivity index (χ1) is 5.41. The summed E-state index contributed by atoms with van der Waals surface area (Å²) < 4.78 is 1.34.